The number of piperidine rings is 1. The number of pyridine rings is 1. The van der Waals surface area contributed by atoms with Crippen LogP contribution in [0.3, 0.4) is 0 Å². The number of carbonyl (C=O) groups is 2. The number of amides is 1. The molecule has 0 bridgehead atoms. The molecule has 1 fully saturated rings. The molecule has 188 valence electrons. The average molecular weight is 500 g/mol. The second kappa shape index (κ2) is 10.3. The maximum Gasteiger partial charge on any atom is 0.246 e. The molecule has 1 aliphatic rings. The van der Waals surface area contributed by atoms with Gasteiger partial charge in [0.15, 0.2) is 11.4 Å². The lowest BCUT2D eigenvalue weighted by Gasteiger charge is -2.32. The minimum absolute atomic E-state index is 0.00248. The second-order valence-corrected chi connectivity index (χ2v) is 9.00. The number of anilines is 1. The van der Waals surface area contributed by atoms with E-state index in [4.69, 9.17) is 10.8 Å². The van der Waals surface area contributed by atoms with Crippen LogP contribution >= 0.6 is 0 Å². The summed E-state index contributed by atoms with van der Waals surface area (Å²) in [6.07, 6.45) is 6.39. The highest BCUT2D eigenvalue weighted by atomic mass is 19.1. The zero-order valence-corrected chi connectivity index (χ0v) is 20.2. The van der Waals surface area contributed by atoms with Crippen molar-refractivity contribution >= 4 is 28.5 Å². The highest BCUT2D eigenvalue weighted by Gasteiger charge is 2.28. The number of hydrogen-bond acceptors (Lipinski definition) is 7. The Labute approximate surface area is 212 Å². The molecule has 1 amide bonds. The first-order chi connectivity index (χ1) is 18.0. The number of aryl methyl sites for hydroxylation is 1. The molecule has 1 aromatic carbocycles. The maximum absolute atomic E-state index is 13.8. The van der Waals surface area contributed by atoms with Crippen molar-refractivity contribution in [2.75, 3.05) is 18.8 Å². The van der Waals surface area contributed by atoms with E-state index in [1.807, 2.05) is 28.9 Å². The second-order valence-electron chi connectivity index (χ2n) is 9.00. The Kier molecular flexibility index (Phi) is 6.72. The van der Waals surface area contributed by atoms with Crippen LogP contribution in [0.15, 0.2) is 61.6 Å². The Balaban J connectivity index is 1.40. The van der Waals surface area contributed by atoms with Crippen molar-refractivity contribution in [3.63, 3.8) is 0 Å². The van der Waals surface area contributed by atoms with E-state index in [0.29, 0.717) is 42.1 Å². The summed E-state index contributed by atoms with van der Waals surface area (Å²) in [5.41, 5.74) is 9.29. The van der Waals surface area contributed by atoms with Crippen LogP contribution in [-0.4, -0.2) is 54.4 Å². The van der Waals surface area contributed by atoms with Gasteiger partial charge in [-0.1, -0.05) is 30.8 Å². The number of benzene rings is 1. The first-order valence-corrected chi connectivity index (χ1v) is 12.1. The lowest BCUT2D eigenvalue weighted by molar-refractivity contribution is -0.127. The van der Waals surface area contributed by atoms with Crippen LogP contribution in [0.1, 0.15) is 41.2 Å². The van der Waals surface area contributed by atoms with Crippen molar-refractivity contribution in [3.8, 4) is 11.3 Å². The Bertz CT molecular complexity index is 1480. The number of halogens is 1. The Morgan fingerprint density at radius 2 is 1.97 bits per heavy atom. The van der Waals surface area contributed by atoms with E-state index in [1.165, 1.54) is 24.7 Å². The van der Waals surface area contributed by atoms with Crippen LogP contribution in [-0.2, 0) is 11.2 Å². The van der Waals surface area contributed by atoms with Gasteiger partial charge in [0.2, 0.25) is 11.9 Å². The minimum Gasteiger partial charge on any atom is -0.383 e. The van der Waals surface area contributed by atoms with E-state index < -0.39 is 5.95 Å². The van der Waals surface area contributed by atoms with E-state index in [2.05, 4.69) is 21.5 Å². The number of nitrogen functional groups attached to an aromatic ring is 1. The Morgan fingerprint density at radius 1 is 1.16 bits per heavy atom. The zero-order chi connectivity index (χ0) is 25.9. The fourth-order valence-electron chi connectivity index (χ4n) is 4.75. The lowest BCUT2D eigenvalue weighted by Crippen LogP contribution is -2.40. The van der Waals surface area contributed by atoms with E-state index in [0.717, 1.165) is 24.0 Å². The summed E-state index contributed by atoms with van der Waals surface area (Å²) in [6.45, 7) is 4.79. The number of fused-ring (bicyclic) bond motifs is 1. The minimum atomic E-state index is -0.750. The molecule has 1 atom stereocenters. The molecule has 4 aromatic rings. The van der Waals surface area contributed by atoms with Crippen molar-refractivity contribution < 1.29 is 14.0 Å². The number of ketones is 1. The topological polar surface area (TPSA) is 120 Å². The maximum atomic E-state index is 13.8. The van der Waals surface area contributed by atoms with Crippen LogP contribution in [0.5, 0.6) is 0 Å². The number of Topliss-reactive ketones (excluding diaryl/α,β-unsaturated/α-hetero) is 1. The molecule has 1 unspecified atom stereocenters. The molecule has 3 aromatic heterocycles. The van der Waals surface area contributed by atoms with Gasteiger partial charge in [-0.05, 0) is 43.0 Å². The van der Waals surface area contributed by atoms with Crippen molar-refractivity contribution in [2.24, 2.45) is 0 Å². The van der Waals surface area contributed by atoms with Gasteiger partial charge >= 0.3 is 0 Å². The molecule has 0 spiro atoms. The van der Waals surface area contributed by atoms with E-state index in [-0.39, 0.29) is 29.7 Å². The molecule has 4 heterocycles. The Hall–Kier alpha value is -4.47. The summed E-state index contributed by atoms with van der Waals surface area (Å²) in [5, 5.41) is 5.54. The van der Waals surface area contributed by atoms with Gasteiger partial charge in [-0.2, -0.15) is 9.49 Å². The standard InChI is InChI=1S/C27H26FN7O2/c1-2-22(37)34-14-4-5-19(15-34)35-27-23(26(29)31-16-32-27)24(33-35)18-10-7-17(8-11-18)9-12-21(36)20-6-3-13-30-25(20)28/h2-3,6-8,10-11,13,16,19H,1,4-5,9,12,14-15H2,(H2,29,31,32). The van der Waals surface area contributed by atoms with Gasteiger partial charge < -0.3 is 10.6 Å². The summed E-state index contributed by atoms with van der Waals surface area (Å²) in [6, 6.07) is 10.6. The van der Waals surface area contributed by atoms with Crippen LogP contribution in [0.25, 0.3) is 22.3 Å². The van der Waals surface area contributed by atoms with Crippen LogP contribution in [0.2, 0.25) is 0 Å². The first kappa shape index (κ1) is 24.2. The molecule has 10 heteroatoms. The summed E-state index contributed by atoms with van der Waals surface area (Å²) in [4.78, 5) is 38.6. The van der Waals surface area contributed by atoms with E-state index >= 15 is 0 Å². The van der Waals surface area contributed by atoms with E-state index in [1.54, 1.807) is 11.0 Å². The third-order valence-corrected chi connectivity index (χ3v) is 6.67. The number of nitrogens with zero attached hydrogens (tertiary/aromatic N) is 6. The largest absolute Gasteiger partial charge is 0.383 e. The number of likely N-dealkylation sites (tertiary alicyclic amines) is 1. The molecule has 5 rings (SSSR count). The molecule has 2 N–H and O–H groups in total. The number of rotatable bonds is 7. The molecule has 1 saturated heterocycles. The number of nitrogens with two attached hydrogens (primary N) is 1. The first-order valence-electron chi connectivity index (χ1n) is 12.1. The van der Waals surface area contributed by atoms with Crippen LogP contribution in [0, 0.1) is 5.95 Å². The fraction of sp³-hybridized carbons (Fsp3) is 0.259. The van der Waals surface area contributed by atoms with Gasteiger partial charge in [0, 0.05) is 31.3 Å². The lowest BCUT2D eigenvalue weighted by atomic mass is 10.0. The third kappa shape index (κ3) is 4.82. The van der Waals surface area contributed by atoms with Gasteiger partial charge in [0.1, 0.15) is 17.8 Å². The number of carbonyl (C=O) groups excluding carboxylic acids is 2. The smallest absolute Gasteiger partial charge is 0.246 e. The SMILES string of the molecule is C=CC(=O)N1CCCC(n2nc(-c3ccc(CCC(=O)c4cccnc4F)cc3)c3c(N)ncnc32)C1. The zero-order valence-electron chi connectivity index (χ0n) is 20.2. The average Bonchev–Trinajstić information content (AvgIpc) is 3.33. The molecule has 0 saturated carbocycles. The molecule has 1 aliphatic heterocycles. The monoisotopic (exact) mass is 499 g/mol. The summed E-state index contributed by atoms with van der Waals surface area (Å²) in [5.74, 6) is -0.814. The third-order valence-electron chi connectivity index (χ3n) is 6.67. The van der Waals surface area contributed by atoms with E-state index in [9.17, 15) is 14.0 Å². The molecule has 9 nitrogen and oxygen atoms in total. The van der Waals surface area contributed by atoms with Crippen molar-refractivity contribution in [2.45, 2.75) is 31.7 Å². The molecular weight excluding hydrogens is 473 g/mol. The van der Waals surface area contributed by atoms with Crippen molar-refractivity contribution in [1.29, 1.82) is 0 Å². The fourth-order valence-corrected chi connectivity index (χ4v) is 4.75. The highest BCUT2D eigenvalue weighted by molar-refractivity contribution is 5.98. The van der Waals surface area contributed by atoms with Gasteiger partial charge in [-0.15, -0.1) is 0 Å². The number of aromatic nitrogens is 5. The van der Waals surface area contributed by atoms with Gasteiger partial charge in [-0.25, -0.2) is 19.6 Å². The van der Waals surface area contributed by atoms with Gasteiger partial charge in [-0.3, -0.25) is 9.59 Å². The van der Waals surface area contributed by atoms with Crippen LogP contribution in [0.4, 0.5) is 10.2 Å². The molecule has 37 heavy (non-hydrogen) atoms. The summed E-state index contributed by atoms with van der Waals surface area (Å²) < 4.78 is 15.6. The molecule has 0 radical (unpaired) electrons. The predicted octanol–water partition coefficient (Wildman–Crippen LogP) is 3.77. The number of hydrogen-bond donors (Lipinski definition) is 1. The molecule has 0 aliphatic carbocycles. The molecular formula is C27H26FN7O2. The van der Waals surface area contributed by atoms with Crippen molar-refractivity contribution in [1.82, 2.24) is 29.6 Å². The predicted molar refractivity (Wildman–Crippen MR) is 137 cm³/mol. The quantitative estimate of drug-likeness (QED) is 0.233. The van der Waals surface area contributed by atoms with Gasteiger partial charge in [0.25, 0.3) is 0 Å². The Morgan fingerprint density at radius 3 is 2.73 bits per heavy atom. The summed E-state index contributed by atoms with van der Waals surface area (Å²) >= 11 is 0. The summed E-state index contributed by atoms with van der Waals surface area (Å²) in [7, 11) is 0. The highest BCUT2D eigenvalue weighted by Crippen LogP contribution is 2.34. The van der Waals surface area contributed by atoms with Crippen LogP contribution < -0.4 is 5.73 Å². The normalized spacial score (nSPS) is 15.6. The van der Waals surface area contributed by atoms with Crippen molar-refractivity contribution in [3.05, 3.63) is 78.7 Å². The van der Waals surface area contributed by atoms with Gasteiger partial charge in [0.05, 0.1) is 17.0 Å².